The Balaban J connectivity index is 1.83. The van der Waals surface area contributed by atoms with Crippen LogP contribution in [0.5, 0.6) is 0 Å². The second-order valence-corrected chi connectivity index (χ2v) is 8.17. The van der Waals surface area contributed by atoms with Crippen molar-refractivity contribution in [1.29, 1.82) is 0 Å². The fourth-order valence-corrected chi connectivity index (χ4v) is 3.16. The molecule has 0 saturated carbocycles. The average molecular weight is 397 g/mol. The number of carbonyl (C=O) groups is 1. The van der Waals surface area contributed by atoms with Gasteiger partial charge in [0, 0.05) is 36.0 Å². The number of nitrogens with two attached hydrogens (primary N) is 1. The molecule has 146 valence electrons. The summed E-state index contributed by atoms with van der Waals surface area (Å²) in [5, 5.41) is 8.91. The summed E-state index contributed by atoms with van der Waals surface area (Å²) in [6.45, 7) is 7.58. The van der Waals surface area contributed by atoms with Crippen molar-refractivity contribution in [2.24, 2.45) is 5.73 Å². The van der Waals surface area contributed by atoms with E-state index in [0.29, 0.717) is 23.7 Å². The molecule has 0 bridgehead atoms. The van der Waals surface area contributed by atoms with Gasteiger partial charge in [-0.1, -0.05) is 41.9 Å². The van der Waals surface area contributed by atoms with Gasteiger partial charge in [-0.2, -0.15) is 5.10 Å². The first kappa shape index (κ1) is 20.1. The molecule has 5 nitrogen and oxygen atoms in total. The van der Waals surface area contributed by atoms with Crippen LogP contribution in [0.4, 0.5) is 0 Å². The molecule has 2 aromatic carbocycles. The molecule has 28 heavy (non-hydrogen) atoms. The first-order valence-corrected chi connectivity index (χ1v) is 9.57. The molecule has 0 aliphatic rings. The number of carbonyl (C=O) groups excluding carboxylic acids is 1. The number of halogens is 1. The molecule has 1 amide bonds. The summed E-state index contributed by atoms with van der Waals surface area (Å²) in [5.41, 5.74) is 9.59. The number of nitrogens with one attached hydrogen (secondary N) is 1. The molecule has 3 rings (SSSR count). The topological polar surface area (TPSA) is 72.9 Å². The molecule has 0 radical (unpaired) electrons. The van der Waals surface area contributed by atoms with Gasteiger partial charge >= 0.3 is 0 Å². The monoisotopic (exact) mass is 396 g/mol. The smallest absolute Gasteiger partial charge is 0.248 e. The molecule has 0 fully saturated rings. The second-order valence-electron chi connectivity index (χ2n) is 7.77. The van der Waals surface area contributed by atoms with Crippen LogP contribution in [0.15, 0.2) is 54.7 Å². The van der Waals surface area contributed by atoms with Crippen LogP contribution in [-0.2, 0) is 18.6 Å². The standard InChI is InChI=1S/C22H25ClN4O/c1-22(2,3)27-14-17(20(26-27)18-9-4-5-10-19(18)23)13-25-12-15-7-6-8-16(11-15)21(24)28/h4-11,14,25H,12-13H2,1-3H3,(H2,24,28). The van der Waals surface area contributed by atoms with Gasteiger partial charge in [0.25, 0.3) is 0 Å². The van der Waals surface area contributed by atoms with Crippen LogP contribution >= 0.6 is 11.6 Å². The molecule has 6 heteroatoms. The van der Waals surface area contributed by atoms with Crippen LogP contribution in [0.25, 0.3) is 11.3 Å². The summed E-state index contributed by atoms with van der Waals surface area (Å²) in [4.78, 5) is 11.4. The average Bonchev–Trinajstić information content (AvgIpc) is 3.07. The maximum Gasteiger partial charge on any atom is 0.248 e. The zero-order chi connectivity index (χ0) is 20.3. The fourth-order valence-electron chi connectivity index (χ4n) is 2.94. The summed E-state index contributed by atoms with van der Waals surface area (Å²) >= 11 is 6.42. The Morgan fingerprint density at radius 2 is 1.89 bits per heavy atom. The van der Waals surface area contributed by atoms with Crippen LogP contribution in [-0.4, -0.2) is 15.7 Å². The minimum Gasteiger partial charge on any atom is -0.366 e. The van der Waals surface area contributed by atoms with Gasteiger partial charge in [-0.3, -0.25) is 9.48 Å². The Bertz CT molecular complexity index is 988. The Morgan fingerprint density at radius 3 is 2.57 bits per heavy atom. The zero-order valence-electron chi connectivity index (χ0n) is 16.4. The number of hydrogen-bond donors (Lipinski definition) is 2. The number of hydrogen-bond acceptors (Lipinski definition) is 3. The van der Waals surface area contributed by atoms with E-state index < -0.39 is 5.91 Å². The van der Waals surface area contributed by atoms with E-state index in [9.17, 15) is 4.79 Å². The molecule has 3 N–H and O–H groups in total. The SMILES string of the molecule is CC(C)(C)n1cc(CNCc2cccc(C(N)=O)c2)c(-c2ccccc2Cl)n1. The lowest BCUT2D eigenvalue weighted by Crippen LogP contribution is -2.22. The van der Waals surface area contributed by atoms with Crippen molar-refractivity contribution in [2.45, 2.75) is 39.4 Å². The van der Waals surface area contributed by atoms with E-state index in [1.54, 1.807) is 6.07 Å². The van der Waals surface area contributed by atoms with Gasteiger partial charge in [-0.05, 0) is 44.5 Å². The van der Waals surface area contributed by atoms with Crippen molar-refractivity contribution in [2.75, 3.05) is 0 Å². The number of amides is 1. The number of benzene rings is 2. The van der Waals surface area contributed by atoms with Gasteiger partial charge in [-0.25, -0.2) is 0 Å². The Hall–Kier alpha value is -2.63. The molecule has 0 saturated heterocycles. The van der Waals surface area contributed by atoms with Crippen molar-refractivity contribution in [3.8, 4) is 11.3 Å². The van der Waals surface area contributed by atoms with E-state index in [1.165, 1.54) is 0 Å². The summed E-state index contributed by atoms with van der Waals surface area (Å²) in [7, 11) is 0. The minimum absolute atomic E-state index is 0.135. The van der Waals surface area contributed by atoms with E-state index in [-0.39, 0.29) is 5.54 Å². The highest BCUT2D eigenvalue weighted by Crippen LogP contribution is 2.30. The first-order valence-electron chi connectivity index (χ1n) is 9.19. The highest BCUT2D eigenvalue weighted by Gasteiger charge is 2.20. The van der Waals surface area contributed by atoms with Gasteiger partial charge in [0.15, 0.2) is 0 Å². The lowest BCUT2D eigenvalue weighted by molar-refractivity contribution is 0.1000. The molecule has 0 atom stereocenters. The number of aromatic nitrogens is 2. The van der Waals surface area contributed by atoms with Gasteiger partial charge in [-0.15, -0.1) is 0 Å². The lowest BCUT2D eigenvalue weighted by atomic mass is 10.1. The lowest BCUT2D eigenvalue weighted by Gasteiger charge is -2.18. The summed E-state index contributed by atoms with van der Waals surface area (Å²) in [6.07, 6.45) is 2.06. The van der Waals surface area contributed by atoms with Crippen LogP contribution in [0.3, 0.4) is 0 Å². The largest absolute Gasteiger partial charge is 0.366 e. The number of nitrogens with zero attached hydrogens (tertiary/aromatic N) is 2. The molecule has 0 spiro atoms. The maximum absolute atomic E-state index is 11.4. The van der Waals surface area contributed by atoms with Gasteiger partial charge in [0.1, 0.15) is 0 Å². The van der Waals surface area contributed by atoms with Crippen molar-refractivity contribution in [1.82, 2.24) is 15.1 Å². The molecule has 0 unspecified atom stereocenters. The molecular weight excluding hydrogens is 372 g/mol. The quantitative estimate of drug-likeness (QED) is 0.650. The molecule has 1 aromatic heterocycles. The molecule has 3 aromatic rings. The maximum atomic E-state index is 11.4. The highest BCUT2D eigenvalue weighted by atomic mass is 35.5. The van der Waals surface area contributed by atoms with Crippen molar-refractivity contribution < 1.29 is 4.79 Å². The van der Waals surface area contributed by atoms with E-state index in [1.807, 2.05) is 47.1 Å². The van der Waals surface area contributed by atoms with Gasteiger partial charge in [0.2, 0.25) is 5.91 Å². The van der Waals surface area contributed by atoms with Gasteiger partial charge < -0.3 is 11.1 Å². The van der Waals surface area contributed by atoms with E-state index in [2.05, 4.69) is 32.3 Å². The van der Waals surface area contributed by atoms with E-state index >= 15 is 0 Å². The Kier molecular flexibility index (Phi) is 5.87. The van der Waals surface area contributed by atoms with E-state index in [4.69, 9.17) is 22.4 Å². The Morgan fingerprint density at radius 1 is 1.14 bits per heavy atom. The van der Waals surface area contributed by atoms with Crippen molar-refractivity contribution in [3.63, 3.8) is 0 Å². The van der Waals surface area contributed by atoms with E-state index in [0.717, 1.165) is 22.4 Å². The summed E-state index contributed by atoms with van der Waals surface area (Å²) in [6, 6.07) is 15.1. The second kappa shape index (κ2) is 8.17. The molecule has 0 aliphatic carbocycles. The van der Waals surface area contributed by atoms with Crippen molar-refractivity contribution in [3.05, 3.63) is 76.4 Å². The van der Waals surface area contributed by atoms with Crippen LogP contribution in [0, 0.1) is 0 Å². The third-order valence-electron chi connectivity index (χ3n) is 4.46. The summed E-state index contributed by atoms with van der Waals surface area (Å²) in [5.74, 6) is -0.422. The molecule has 1 heterocycles. The molecule has 0 aliphatic heterocycles. The third kappa shape index (κ3) is 4.61. The van der Waals surface area contributed by atoms with Crippen LogP contribution < -0.4 is 11.1 Å². The normalized spacial score (nSPS) is 11.6. The molecular formula is C22H25ClN4O. The highest BCUT2D eigenvalue weighted by molar-refractivity contribution is 6.33. The number of rotatable bonds is 6. The number of primary amides is 1. The predicted octanol–water partition coefficient (Wildman–Crippen LogP) is 4.35. The fraction of sp³-hybridized carbons (Fsp3) is 0.273. The minimum atomic E-state index is -0.422. The predicted molar refractivity (Wildman–Crippen MR) is 113 cm³/mol. The van der Waals surface area contributed by atoms with Crippen LogP contribution in [0.2, 0.25) is 5.02 Å². The first-order chi connectivity index (χ1) is 13.3. The zero-order valence-corrected chi connectivity index (χ0v) is 17.1. The van der Waals surface area contributed by atoms with Gasteiger partial charge in [0.05, 0.1) is 16.3 Å². The Labute approximate surface area is 170 Å². The van der Waals surface area contributed by atoms with Crippen LogP contribution in [0.1, 0.15) is 42.3 Å². The van der Waals surface area contributed by atoms with Crippen molar-refractivity contribution >= 4 is 17.5 Å². The third-order valence-corrected chi connectivity index (χ3v) is 4.79. The summed E-state index contributed by atoms with van der Waals surface area (Å²) < 4.78 is 1.97.